The van der Waals surface area contributed by atoms with Gasteiger partial charge in [0.2, 0.25) is 0 Å². The van der Waals surface area contributed by atoms with Crippen LogP contribution in [-0.4, -0.2) is 59.4 Å². The van der Waals surface area contributed by atoms with Crippen molar-refractivity contribution in [1.29, 1.82) is 0 Å². The maximum Gasteiger partial charge on any atom is 0.253 e. The Bertz CT molecular complexity index is 1400. The lowest BCUT2D eigenvalue weighted by atomic mass is 9.87. The van der Waals surface area contributed by atoms with Crippen LogP contribution >= 0.6 is 23.2 Å². The molecule has 5 rings (SSSR count). The lowest BCUT2D eigenvalue weighted by Crippen LogP contribution is -2.36. The first kappa shape index (κ1) is 30.3. The summed E-state index contributed by atoms with van der Waals surface area (Å²) in [6.45, 7) is 3.58. The van der Waals surface area contributed by atoms with Crippen molar-refractivity contribution >= 4 is 39.9 Å². The molecule has 0 aromatic heterocycles. The van der Waals surface area contributed by atoms with Gasteiger partial charge in [-0.15, -0.1) is 0 Å². The van der Waals surface area contributed by atoms with Crippen molar-refractivity contribution in [2.45, 2.75) is 61.7 Å². The predicted molar refractivity (Wildman–Crippen MR) is 171 cm³/mol. The lowest BCUT2D eigenvalue weighted by molar-refractivity contribution is 0.0780. The van der Waals surface area contributed by atoms with Gasteiger partial charge >= 0.3 is 0 Å². The fourth-order valence-corrected chi connectivity index (χ4v) is 7.76. The van der Waals surface area contributed by atoms with Crippen LogP contribution in [0.2, 0.25) is 10.0 Å². The van der Waals surface area contributed by atoms with Crippen molar-refractivity contribution < 1.29 is 9.00 Å². The largest absolute Gasteiger partial charge is 0.341 e. The molecule has 1 saturated heterocycles. The fourth-order valence-electron chi connectivity index (χ4n) is 6.62. The second kappa shape index (κ2) is 13.9. The number of amides is 1. The second-order valence-electron chi connectivity index (χ2n) is 11.6. The minimum Gasteiger partial charge on any atom is -0.341 e. The highest BCUT2D eigenvalue weighted by Crippen LogP contribution is 2.34. The van der Waals surface area contributed by atoms with Gasteiger partial charge in [0, 0.05) is 36.2 Å². The molecule has 0 N–H and O–H groups in total. The zero-order valence-corrected chi connectivity index (χ0v) is 26.4. The van der Waals surface area contributed by atoms with E-state index in [0.29, 0.717) is 22.5 Å². The number of carbonyl (C=O) groups is 1. The number of likely N-dealkylation sites (tertiary alicyclic amines) is 1. The number of nitrogens with zero attached hydrogens (tertiary/aromatic N) is 2. The number of benzene rings is 3. The number of likely N-dealkylation sites (N-methyl/N-ethyl adjacent to an activating group) is 1. The molecule has 2 atom stereocenters. The summed E-state index contributed by atoms with van der Waals surface area (Å²) in [6, 6.07) is 20.3. The Morgan fingerprint density at radius 2 is 1.76 bits per heavy atom. The van der Waals surface area contributed by atoms with Crippen molar-refractivity contribution in [2.24, 2.45) is 0 Å². The molecule has 0 bridgehead atoms. The Morgan fingerprint density at radius 3 is 2.51 bits per heavy atom. The quantitative estimate of drug-likeness (QED) is 0.249. The number of halogens is 2. The van der Waals surface area contributed by atoms with Crippen LogP contribution in [0, 0.1) is 0 Å². The molecule has 7 heteroatoms. The van der Waals surface area contributed by atoms with Crippen molar-refractivity contribution in [3.63, 3.8) is 0 Å². The van der Waals surface area contributed by atoms with Gasteiger partial charge < -0.3 is 9.80 Å². The van der Waals surface area contributed by atoms with E-state index in [0.717, 1.165) is 74.2 Å². The van der Waals surface area contributed by atoms with Crippen LogP contribution < -0.4 is 0 Å². The van der Waals surface area contributed by atoms with E-state index in [9.17, 15) is 9.00 Å². The highest BCUT2D eigenvalue weighted by molar-refractivity contribution is 7.84. The van der Waals surface area contributed by atoms with Gasteiger partial charge in [-0.2, -0.15) is 0 Å². The van der Waals surface area contributed by atoms with E-state index in [1.165, 1.54) is 23.1 Å². The third kappa shape index (κ3) is 7.25. The SMILES string of the molecule is CN(CC(CCN1CCC(c2ccccc2[S@](C)=O)CC1)c1ccc(Cl)c(Cl)c1)C(=O)c1cccc2c1CCCC2. The number of aryl methyl sites for hydroxylation is 1. The van der Waals surface area contributed by atoms with Gasteiger partial charge in [-0.05, 0) is 117 Å². The molecule has 1 amide bonds. The van der Waals surface area contributed by atoms with Crippen LogP contribution in [0.15, 0.2) is 65.6 Å². The van der Waals surface area contributed by atoms with E-state index >= 15 is 0 Å². The van der Waals surface area contributed by atoms with Gasteiger partial charge in [0.05, 0.1) is 20.8 Å². The second-order valence-corrected chi connectivity index (χ2v) is 13.8. The lowest BCUT2D eigenvalue weighted by Gasteiger charge is -2.34. The van der Waals surface area contributed by atoms with Crippen LogP contribution in [0.4, 0.5) is 0 Å². The first-order valence-electron chi connectivity index (χ1n) is 14.8. The topological polar surface area (TPSA) is 40.6 Å². The minimum atomic E-state index is -0.976. The molecule has 41 heavy (non-hydrogen) atoms. The summed E-state index contributed by atoms with van der Waals surface area (Å²) in [6.07, 6.45) is 9.19. The molecule has 1 fully saturated rings. The summed E-state index contributed by atoms with van der Waals surface area (Å²) in [5.41, 5.74) is 5.77. The summed E-state index contributed by atoms with van der Waals surface area (Å²) >= 11 is 12.7. The number of hydrogen-bond acceptors (Lipinski definition) is 3. The minimum absolute atomic E-state index is 0.0987. The smallest absolute Gasteiger partial charge is 0.253 e. The molecular weight excluding hydrogens is 571 g/mol. The van der Waals surface area contributed by atoms with Gasteiger partial charge in [0.25, 0.3) is 5.91 Å². The van der Waals surface area contributed by atoms with E-state index in [4.69, 9.17) is 23.2 Å². The molecule has 1 aliphatic heterocycles. The van der Waals surface area contributed by atoms with E-state index in [1.54, 1.807) is 6.26 Å². The van der Waals surface area contributed by atoms with E-state index in [1.807, 2.05) is 48.3 Å². The molecule has 218 valence electrons. The Kier molecular flexibility index (Phi) is 10.2. The van der Waals surface area contributed by atoms with Crippen molar-refractivity contribution in [1.82, 2.24) is 9.80 Å². The molecule has 0 saturated carbocycles. The van der Waals surface area contributed by atoms with Gasteiger partial charge in [-0.25, -0.2) is 0 Å². The zero-order valence-electron chi connectivity index (χ0n) is 24.1. The third-order valence-corrected chi connectivity index (χ3v) is 10.7. The predicted octanol–water partition coefficient (Wildman–Crippen LogP) is 7.74. The Balaban J connectivity index is 1.26. The van der Waals surface area contributed by atoms with E-state index in [-0.39, 0.29) is 11.8 Å². The molecule has 2 aliphatic rings. The first-order valence-corrected chi connectivity index (χ1v) is 17.1. The van der Waals surface area contributed by atoms with Crippen LogP contribution in [0.5, 0.6) is 0 Å². The summed E-state index contributed by atoms with van der Waals surface area (Å²) in [7, 11) is 0.950. The van der Waals surface area contributed by atoms with Crippen LogP contribution in [0.25, 0.3) is 0 Å². The Labute approximate surface area is 257 Å². The summed E-state index contributed by atoms with van der Waals surface area (Å²) in [4.78, 5) is 19.1. The highest BCUT2D eigenvalue weighted by atomic mass is 35.5. The Hall–Kier alpha value is -2.18. The van der Waals surface area contributed by atoms with Gasteiger partial charge in [-0.3, -0.25) is 9.00 Å². The molecule has 1 heterocycles. The summed E-state index contributed by atoms with van der Waals surface area (Å²) in [5, 5.41) is 1.10. The molecule has 1 aliphatic carbocycles. The average Bonchev–Trinajstić information content (AvgIpc) is 3.00. The highest BCUT2D eigenvalue weighted by Gasteiger charge is 2.26. The molecule has 0 radical (unpaired) electrons. The van der Waals surface area contributed by atoms with Crippen molar-refractivity contribution in [2.75, 3.05) is 39.5 Å². The van der Waals surface area contributed by atoms with Gasteiger partial charge in [-0.1, -0.05) is 59.6 Å². The summed E-state index contributed by atoms with van der Waals surface area (Å²) in [5.74, 6) is 0.679. The zero-order chi connectivity index (χ0) is 28.9. The van der Waals surface area contributed by atoms with Crippen LogP contribution in [0.1, 0.15) is 76.6 Å². The fraction of sp³-hybridized carbons (Fsp3) is 0.441. The van der Waals surface area contributed by atoms with Crippen molar-refractivity contribution in [3.05, 3.63) is 98.5 Å². The summed E-state index contributed by atoms with van der Waals surface area (Å²) < 4.78 is 12.3. The number of piperidine rings is 1. The van der Waals surface area contributed by atoms with E-state index in [2.05, 4.69) is 29.2 Å². The normalized spacial score (nSPS) is 17.6. The molecule has 3 aromatic carbocycles. The molecular formula is C34H40Cl2N2O2S. The third-order valence-electron chi connectivity index (χ3n) is 8.93. The van der Waals surface area contributed by atoms with Crippen molar-refractivity contribution in [3.8, 4) is 0 Å². The number of rotatable bonds is 9. The van der Waals surface area contributed by atoms with Gasteiger partial charge in [0.1, 0.15) is 0 Å². The monoisotopic (exact) mass is 610 g/mol. The van der Waals surface area contributed by atoms with E-state index < -0.39 is 10.8 Å². The molecule has 0 spiro atoms. The maximum absolute atomic E-state index is 13.7. The first-order chi connectivity index (χ1) is 19.8. The number of carbonyl (C=O) groups excluding carboxylic acids is 1. The molecule has 3 aromatic rings. The molecule has 4 nitrogen and oxygen atoms in total. The number of fused-ring (bicyclic) bond motifs is 1. The van der Waals surface area contributed by atoms with Crippen LogP contribution in [-0.2, 0) is 23.6 Å². The van der Waals surface area contributed by atoms with Gasteiger partial charge in [0.15, 0.2) is 0 Å². The van der Waals surface area contributed by atoms with Crippen LogP contribution in [0.3, 0.4) is 0 Å². The number of hydrogen-bond donors (Lipinski definition) is 0. The maximum atomic E-state index is 13.7. The molecule has 1 unspecified atom stereocenters. The Morgan fingerprint density at radius 1 is 1.00 bits per heavy atom. The average molecular weight is 612 g/mol. The standard InChI is InChI=1S/C34H40Cl2N2O2S/c1-37(34(39)30-12-7-9-24-8-3-4-10-28(24)30)23-27(26-14-15-31(35)32(36)22-26)18-21-38-19-16-25(17-20-38)29-11-5-6-13-33(29)41(2)40/h5-7,9,11-15,22,25,27H,3-4,8,10,16-21,23H2,1-2H3/t27?,41-/m0/s1.